The Morgan fingerprint density at radius 2 is 2.12 bits per heavy atom. The molecule has 0 amide bonds. The van der Waals surface area contributed by atoms with Crippen LogP contribution in [0.15, 0.2) is 12.3 Å². The fraction of sp³-hybridized carbons (Fsp3) is 0.583. The van der Waals surface area contributed by atoms with E-state index in [2.05, 4.69) is 18.8 Å². The van der Waals surface area contributed by atoms with Crippen molar-refractivity contribution in [3.8, 4) is 5.75 Å². The molecule has 1 aromatic rings. The molecule has 0 aliphatic heterocycles. The summed E-state index contributed by atoms with van der Waals surface area (Å²) in [6, 6.07) is 1.55. The molecule has 1 aromatic heterocycles. The van der Waals surface area contributed by atoms with Crippen LogP contribution in [0.2, 0.25) is 10.2 Å². The van der Waals surface area contributed by atoms with Gasteiger partial charge in [0.15, 0.2) is 5.75 Å². The number of ether oxygens (including phenoxy) is 1. The minimum absolute atomic E-state index is 0.347. The molecule has 0 spiro atoms. The van der Waals surface area contributed by atoms with Crippen molar-refractivity contribution >= 4 is 23.2 Å². The lowest BCUT2D eigenvalue weighted by atomic mass is 9.93. The largest absolute Gasteiger partial charge is 0.488 e. The van der Waals surface area contributed by atoms with Crippen molar-refractivity contribution in [2.24, 2.45) is 11.7 Å². The summed E-state index contributed by atoms with van der Waals surface area (Å²) in [4.78, 5) is 3.92. The Bertz CT molecular complexity index is 381. The molecule has 1 atom stereocenters. The fourth-order valence-electron chi connectivity index (χ4n) is 1.74. The highest BCUT2D eigenvalue weighted by molar-refractivity contribution is 6.34. The lowest BCUT2D eigenvalue weighted by molar-refractivity contribution is 0.206. The zero-order chi connectivity index (χ0) is 13.1. The van der Waals surface area contributed by atoms with Crippen LogP contribution in [0.3, 0.4) is 0 Å². The standard InChI is InChI=1S/C12H18Cl2N2O/c1-8(2)5-12(3,15)7-17-10-6-16-11(14)4-9(10)13/h4,6,8H,5,7,15H2,1-3H3. The predicted octanol–water partition coefficient (Wildman–Crippen LogP) is 3.53. The average Bonchev–Trinajstić information content (AvgIpc) is 2.14. The van der Waals surface area contributed by atoms with Crippen LogP contribution in [0, 0.1) is 5.92 Å². The van der Waals surface area contributed by atoms with Gasteiger partial charge in [0.2, 0.25) is 0 Å². The van der Waals surface area contributed by atoms with Gasteiger partial charge in [-0.2, -0.15) is 0 Å². The van der Waals surface area contributed by atoms with E-state index >= 15 is 0 Å². The van der Waals surface area contributed by atoms with E-state index in [1.54, 1.807) is 6.07 Å². The Balaban J connectivity index is 2.61. The number of nitrogens with two attached hydrogens (primary N) is 1. The number of hydrogen-bond acceptors (Lipinski definition) is 3. The van der Waals surface area contributed by atoms with Crippen molar-refractivity contribution in [1.82, 2.24) is 4.98 Å². The van der Waals surface area contributed by atoms with Gasteiger partial charge in [0, 0.05) is 5.54 Å². The van der Waals surface area contributed by atoms with E-state index in [1.165, 1.54) is 6.20 Å². The van der Waals surface area contributed by atoms with Crippen molar-refractivity contribution in [3.05, 3.63) is 22.4 Å². The normalized spacial score (nSPS) is 14.8. The molecule has 0 radical (unpaired) electrons. The monoisotopic (exact) mass is 276 g/mol. The van der Waals surface area contributed by atoms with Crippen LogP contribution >= 0.6 is 23.2 Å². The molecule has 3 nitrogen and oxygen atoms in total. The van der Waals surface area contributed by atoms with Crippen LogP contribution < -0.4 is 10.5 Å². The highest BCUT2D eigenvalue weighted by atomic mass is 35.5. The number of pyridine rings is 1. The van der Waals surface area contributed by atoms with Crippen LogP contribution in [0.5, 0.6) is 5.75 Å². The summed E-state index contributed by atoms with van der Waals surface area (Å²) in [5.41, 5.74) is 5.75. The Hall–Kier alpha value is -0.510. The number of halogens is 2. The van der Waals surface area contributed by atoms with Gasteiger partial charge in [-0.05, 0) is 25.3 Å². The van der Waals surface area contributed by atoms with E-state index in [0.29, 0.717) is 28.5 Å². The summed E-state index contributed by atoms with van der Waals surface area (Å²) in [5, 5.41) is 0.797. The Morgan fingerprint density at radius 1 is 1.47 bits per heavy atom. The maximum absolute atomic E-state index is 6.13. The molecule has 5 heteroatoms. The van der Waals surface area contributed by atoms with Crippen molar-refractivity contribution in [2.75, 3.05) is 6.61 Å². The Morgan fingerprint density at radius 3 is 2.65 bits per heavy atom. The third kappa shape index (κ3) is 5.11. The first-order chi connectivity index (χ1) is 7.80. The molecule has 96 valence electrons. The molecule has 0 fully saturated rings. The summed E-state index contributed by atoms with van der Waals surface area (Å²) in [6.07, 6.45) is 2.39. The van der Waals surface area contributed by atoms with Crippen molar-refractivity contribution < 1.29 is 4.74 Å². The number of hydrogen-bond donors (Lipinski definition) is 1. The molecule has 0 aliphatic carbocycles. The van der Waals surface area contributed by atoms with Crippen LogP contribution in [0.25, 0.3) is 0 Å². The van der Waals surface area contributed by atoms with Gasteiger partial charge in [-0.1, -0.05) is 37.0 Å². The second-order valence-electron chi connectivity index (χ2n) is 4.98. The average molecular weight is 277 g/mol. The van der Waals surface area contributed by atoms with Gasteiger partial charge in [0.05, 0.1) is 11.2 Å². The van der Waals surface area contributed by atoms with E-state index in [9.17, 15) is 0 Å². The van der Waals surface area contributed by atoms with E-state index in [4.69, 9.17) is 33.7 Å². The second-order valence-corrected chi connectivity index (χ2v) is 5.77. The third-order valence-electron chi connectivity index (χ3n) is 2.22. The number of rotatable bonds is 5. The molecular formula is C12H18Cl2N2O. The topological polar surface area (TPSA) is 48.1 Å². The van der Waals surface area contributed by atoms with Gasteiger partial charge in [-0.25, -0.2) is 4.98 Å². The van der Waals surface area contributed by atoms with E-state index in [1.807, 2.05) is 6.92 Å². The molecule has 0 aromatic carbocycles. The highest BCUT2D eigenvalue weighted by Gasteiger charge is 2.21. The van der Waals surface area contributed by atoms with Crippen molar-refractivity contribution in [1.29, 1.82) is 0 Å². The third-order valence-corrected chi connectivity index (χ3v) is 2.72. The molecule has 1 heterocycles. The maximum Gasteiger partial charge on any atom is 0.156 e. The first-order valence-corrected chi connectivity index (χ1v) is 6.28. The lowest BCUT2D eigenvalue weighted by Gasteiger charge is -2.26. The molecular weight excluding hydrogens is 259 g/mol. The molecule has 0 saturated heterocycles. The SMILES string of the molecule is CC(C)CC(C)(N)COc1cnc(Cl)cc1Cl. The smallest absolute Gasteiger partial charge is 0.156 e. The van der Waals surface area contributed by atoms with Crippen molar-refractivity contribution in [3.63, 3.8) is 0 Å². The maximum atomic E-state index is 6.13. The van der Waals surface area contributed by atoms with Gasteiger partial charge in [-0.15, -0.1) is 0 Å². The molecule has 2 N–H and O–H groups in total. The molecule has 1 unspecified atom stereocenters. The summed E-state index contributed by atoms with van der Waals surface area (Å²) in [5.74, 6) is 1.03. The molecule has 0 saturated carbocycles. The van der Waals surface area contributed by atoms with Gasteiger partial charge < -0.3 is 10.5 Å². The quantitative estimate of drug-likeness (QED) is 0.837. The van der Waals surface area contributed by atoms with Crippen LogP contribution in [0.1, 0.15) is 27.2 Å². The molecule has 17 heavy (non-hydrogen) atoms. The summed E-state index contributed by atoms with van der Waals surface area (Å²) in [6.45, 7) is 6.61. The van der Waals surface area contributed by atoms with E-state index in [-0.39, 0.29) is 5.54 Å². The summed E-state index contributed by atoms with van der Waals surface area (Å²) < 4.78 is 5.58. The Kier molecular flexibility index (Phi) is 5.04. The molecule has 0 aliphatic rings. The first-order valence-electron chi connectivity index (χ1n) is 5.53. The van der Waals surface area contributed by atoms with Gasteiger partial charge in [0.25, 0.3) is 0 Å². The number of aromatic nitrogens is 1. The number of nitrogens with zero attached hydrogens (tertiary/aromatic N) is 1. The van der Waals surface area contributed by atoms with Crippen LogP contribution in [-0.4, -0.2) is 17.1 Å². The van der Waals surface area contributed by atoms with Crippen LogP contribution in [0.4, 0.5) is 0 Å². The zero-order valence-corrected chi connectivity index (χ0v) is 11.8. The minimum atomic E-state index is -0.378. The Labute approximate surface area is 112 Å². The van der Waals surface area contributed by atoms with Crippen molar-refractivity contribution in [2.45, 2.75) is 32.7 Å². The lowest BCUT2D eigenvalue weighted by Crippen LogP contribution is -2.43. The predicted molar refractivity (Wildman–Crippen MR) is 71.8 cm³/mol. The fourth-order valence-corrected chi connectivity index (χ4v) is 2.16. The minimum Gasteiger partial charge on any atom is -0.488 e. The summed E-state index contributed by atoms with van der Waals surface area (Å²) >= 11 is 11.7. The van der Waals surface area contributed by atoms with Crippen LogP contribution in [-0.2, 0) is 0 Å². The van der Waals surface area contributed by atoms with Gasteiger partial charge >= 0.3 is 0 Å². The summed E-state index contributed by atoms with van der Waals surface area (Å²) in [7, 11) is 0. The first kappa shape index (κ1) is 14.6. The zero-order valence-electron chi connectivity index (χ0n) is 10.3. The molecule has 0 bridgehead atoms. The van der Waals surface area contributed by atoms with Gasteiger partial charge in [0.1, 0.15) is 11.8 Å². The molecule has 1 rings (SSSR count). The van der Waals surface area contributed by atoms with Gasteiger partial charge in [-0.3, -0.25) is 0 Å². The second kappa shape index (κ2) is 5.89. The highest BCUT2D eigenvalue weighted by Crippen LogP contribution is 2.26. The van der Waals surface area contributed by atoms with E-state index in [0.717, 1.165) is 6.42 Å². The van der Waals surface area contributed by atoms with E-state index < -0.39 is 0 Å².